The van der Waals surface area contributed by atoms with Crippen molar-refractivity contribution in [2.24, 2.45) is 0 Å². The number of rotatable bonds is 5. The van der Waals surface area contributed by atoms with E-state index in [1.165, 1.54) is 12.1 Å². The van der Waals surface area contributed by atoms with Gasteiger partial charge in [-0.15, -0.1) is 0 Å². The van der Waals surface area contributed by atoms with Crippen LogP contribution in [0.4, 0.5) is 8.78 Å². The van der Waals surface area contributed by atoms with Gasteiger partial charge in [-0.1, -0.05) is 30.3 Å². The molecule has 0 heterocycles. The van der Waals surface area contributed by atoms with Crippen LogP contribution in [-0.4, -0.2) is 11.1 Å². The fourth-order valence-corrected chi connectivity index (χ4v) is 2.13. The first-order valence-electron chi connectivity index (χ1n) is 6.47. The highest BCUT2D eigenvalue weighted by Gasteiger charge is 2.22. The average molecular weight is 291 g/mol. The van der Waals surface area contributed by atoms with Gasteiger partial charge in [0.1, 0.15) is 17.7 Å². The Morgan fingerprint density at radius 2 is 1.62 bits per heavy atom. The number of hydrogen-bond donors (Lipinski definition) is 2. The number of carboxylic acid groups (broad SMARTS) is 1. The third kappa shape index (κ3) is 3.86. The summed E-state index contributed by atoms with van der Waals surface area (Å²) >= 11 is 0. The number of hydrogen-bond acceptors (Lipinski definition) is 2. The molecular formula is C16H15F2NO2. The summed E-state index contributed by atoms with van der Waals surface area (Å²) in [4.78, 5) is 11.4. The molecule has 0 aromatic heterocycles. The molecule has 110 valence electrons. The van der Waals surface area contributed by atoms with E-state index >= 15 is 0 Å². The summed E-state index contributed by atoms with van der Waals surface area (Å²) in [6, 6.07) is 10.3. The molecule has 21 heavy (non-hydrogen) atoms. The zero-order valence-corrected chi connectivity index (χ0v) is 11.4. The van der Waals surface area contributed by atoms with Crippen LogP contribution in [0.5, 0.6) is 0 Å². The predicted octanol–water partition coefficient (Wildman–Crippen LogP) is 3.44. The molecule has 2 atom stereocenters. The maximum atomic E-state index is 13.2. The maximum Gasteiger partial charge on any atom is 0.325 e. The molecule has 0 amide bonds. The van der Waals surface area contributed by atoms with Gasteiger partial charge >= 0.3 is 5.97 Å². The first-order valence-corrected chi connectivity index (χ1v) is 6.47. The Hall–Kier alpha value is -2.27. The molecule has 0 aliphatic heterocycles. The Kier molecular flexibility index (Phi) is 4.65. The van der Waals surface area contributed by atoms with E-state index in [9.17, 15) is 18.7 Å². The maximum absolute atomic E-state index is 13.2. The molecule has 0 spiro atoms. The van der Waals surface area contributed by atoms with Crippen LogP contribution in [0.2, 0.25) is 0 Å². The monoisotopic (exact) mass is 291 g/mol. The Labute approximate surface area is 121 Å². The van der Waals surface area contributed by atoms with E-state index in [-0.39, 0.29) is 0 Å². The third-order valence-electron chi connectivity index (χ3n) is 3.18. The van der Waals surface area contributed by atoms with Gasteiger partial charge in [-0.2, -0.15) is 0 Å². The first kappa shape index (κ1) is 15.1. The van der Waals surface area contributed by atoms with Gasteiger partial charge in [0.05, 0.1) is 0 Å². The Balaban J connectivity index is 2.23. The van der Waals surface area contributed by atoms with Crippen molar-refractivity contribution in [2.45, 2.75) is 19.0 Å². The second-order valence-electron chi connectivity index (χ2n) is 4.77. The van der Waals surface area contributed by atoms with E-state index in [1.54, 1.807) is 37.3 Å². The van der Waals surface area contributed by atoms with Crippen LogP contribution in [0.1, 0.15) is 30.1 Å². The zero-order chi connectivity index (χ0) is 15.4. The van der Waals surface area contributed by atoms with E-state index in [4.69, 9.17) is 0 Å². The SMILES string of the molecule is CC(NC(C(=O)O)c1ccccc1)c1cc(F)cc(F)c1. The Bertz CT molecular complexity index is 611. The molecule has 0 saturated carbocycles. The Morgan fingerprint density at radius 1 is 1.05 bits per heavy atom. The number of nitrogens with one attached hydrogen (secondary N) is 1. The lowest BCUT2D eigenvalue weighted by Gasteiger charge is -2.21. The van der Waals surface area contributed by atoms with Crippen LogP contribution in [0, 0.1) is 11.6 Å². The van der Waals surface area contributed by atoms with Crippen LogP contribution in [0.3, 0.4) is 0 Å². The number of aliphatic carboxylic acids is 1. The number of benzene rings is 2. The number of carboxylic acids is 1. The second-order valence-corrected chi connectivity index (χ2v) is 4.77. The van der Waals surface area contributed by atoms with E-state index in [0.717, 1.165) is 6.07 Å². The summed E-state index contributed by atoms with van der Waals surface area (Å²) in [5, 5.41) is 12.2. The van der Waals surface area contributed by atoms with Gasteiger partial charge < -0.3 is 5.11 Å². The number of halogens is 2. The van der Waals surface area contributed by atoms with Crippen molar-refractivity contribution in [3.63, 3.8) is 0 Å². The molecule has 5 heteroatoms. The highest BCUT2D eigenvalue weighted by atomic mass is 19.1. The van der Waals surface area contributed by atoms with Crippen molar-refractivity contribution in [3.05, 3.63) is 71.3 Å². The summed E-state index contributed by atoms with van der Waals surface area (Å²) < 4.78 is 26.4. The lowest BCUT2D eigenvalue weighted by Crippen LogP contribution is -2.30. The molecule has 0 saturated heterocycles. The summed E-state index contributed by atoms with van der Waals surface area (Å²) in [6.07, 6.45) is 0. The van der Waals surface area contributed by atoms with Crippen molar-refractivity contribution in [1.29, 1.82) is 0 Å². The molecule has 3 nitrogen and oxygen atoms in total. The largest absolute Gasteiger partial charge is 0.480 e. The minimum Gasteiger partial charge on any atom is -0.480 e. The molecule has 0 bridgehead atoms. The first-order chi connectivity index (χ1) is 9.97. The van der Waals surface area contributed by atoms with Gasteiger partial charge in [-0.3, -0.25) is 10.1 Å². The van der Waals surface area contributed by atoms with Crippen LogP contribution in [0.15, 0.2) is 48.5 Å². The van der Waals surface area contributed by atoms with E-state index in [2.05, 4.69) is 5.32 Å². The van der Waals surface area contributed by atoms with E-state index < -0.39 is 29.7 Å². The van der Waals surface area contributed by atoms with Crippen LogP contribution < -0.4 is 5.32 Å². The minimum absolute atomic E-state index is 0.356. The normalized spacial score (nSPS) is 13.7. The predicted molar refractivity (Wildman–Crippen MR) is 74.7 cm³/mol. The zero-order valence-electron chi connectivity index (χ0n) is 11.4. The van der Waals surface area contributed by atoms with Crippen molar-refractivity contribution in [1.82, 2.24) is 5.32 Å². The molecule has 0 radical (unpaired) electrons. The van der Waals surface area contributed by atoms with Gasteiger partial charge in [0.15, 0.2) is 0 Å². The molecule has 2 aromatic rings. The summed E-state index contributed by atoms with van der Waals surface area (Å²) in [5.41, 5.74) is 0.934. The smallest absolute Gasteiger partial charge is 0.325 e. The van der Waals surface area contributed by atoms with Gasteiger partial charge in [0, 0.05) is 12.1 Å². The summed E-state index contributed by atoms with van der Waals surface area (Å²) in [5.74, 6) is -2.43. The van der Waals surface area contributed by atoms with Crippen LogP contribution in [-0.2, 0) is 4.79 Å². The quantitative estimate of drug-likeness (QED) is 0.887. The van der Waals surface area contributed by atoms with E-state index in [1.807, 2.05) is 0 Å². The molecule has 2 aromatic carbocycles. The van der Waals surface area contributed by atoms with Gasteiger partial charge in [0.25, 0.3) is 0 Å². The lowest BCUT2D eigenvalue weighted by atomic mass is 10.0. The standard InChI is InChI=1S/C16H15F2NO2/c1-10(12-7-13(17)9-14(18)8-12)19-15(16(20)21)11-5-3-2-4-6-11/h2-10,15,19H,1H3,(H,20,21). The van der Waals surface area contributed by atoms with Crippen LogP contribution in [0.25, 0.3) is 0 Å². The summed E-state index contributed by atoms with van der Waals surface area (Å²) in [6.45, 7) is 1.66. The molecule has 0 aliphatic rings. The summed E-state index contributed by atoms with van der Waals surface area (Å²) in [7, 11) is 0. The van der Waals surface area contributed by atoms with Crippen molar-refractivity contribution >= 4 is 5.97 Å². The highest BCUT2D eigenvalue weighted by molar-refractivity contribution is 5.75. The average Bonchev–Trinajstić information content (AvgIpc) is 2.44. The molecular weight excluding hydrogens is 276 g/mol. The molecule has 2 unspecified atom stereocenters. The van der Waals surface area contributed by atoms with Gasteiger partial charge in [-0.25, -0.2) is 8.78 Å². The third-order valence-corrected chi connectivity index (χ3v) is 3.18. The lowest BCUT2D eigenvalue weighted by molar-refractivity contribution is -0.139. The van der Waals surface area contributed by atoms with Gasteiger partial charge in [0.2, 0.25) is 0 Å². The van der Waals surface area contributed by atoms with E-state index in [0.29, 0.717) is 11.1 Å². The molecule has 0 aliphatic carbocycles. The molecule has 2 N–H and O–H groups in total. The van der Waals surface area contributed by atoms with Crippen molar-refractivity contribution in [2.75, 3.05) is 0 Å². The number of carbonyl (C=O) groups is 1. The van der Waals surface area contributed by atoms with Crippen LogP contribution >= 0.6 is 0 Å². The van der Waals surface area contributed by atoms with Gasteiger partial charge in [-0.05, 0) is 30.2 Å². The fourth-order valence-electron chi connectivity index (χ4n) is 2.13. The van der Waals surface area contributed by atoms with Crippen molar-refractivity contribution in [3.8, 4) is 0 Å². The fraction of sp³-hybridized carbons (Fsp3) is 0.188. The van der Waals surface area contributed by atoms with Crippen molar-refractivity contribution < 1.29 is 18.7 Å². The highest BCUT2D eigenvalue weighted by Crippen LogP contribution is 2.21. The molecule has 0 fully saturated rings. The topological polar surface area (TPSA) is 49.3 Å². The minimum atomic E-state index is -1.05. The molecule has 2 rings (SSSR count). The second kappa shape index (κ2) is 6.45. The Morgan fingerprint density at radius 3 is 2.14 bits per heavy atom.